The number of allylic oxidation sites excluding steroid dienone is 3. The highest BCUT2D eigenvalue weighted by Crippen LogP contribution is 2.49. The topological polar surface area (TPSA) is 136 Å². The zero-order valence-electron chi connectivity index (χ0n) is 26.5. The molecule has 1 aromatic carbocycles. The molecule has 2 N–H and O–H groups in total. The molecule has 242 valence electrons. The number of nitrogens with zero attached hydrogens (tertiary/aromatic N) is 1. The first kappa shape index (κ1) is 33.8. The van der Waals surface area contributed by atoms with Crippen LogP contribution in [0.3, 0.4) is 0 Å². The molecule has 4 bridgehead atoms. The number of fused-ring (bicyclic) bond motifs is 5. The van der Waals surface area contributed by atoms with Crippen molar-refractivity contribution in [2.45, 2.75) is 89.6 Å². The Morgan fingerprint density at radius 2 is 1.95 bits per heavy atom. The zero-order chi connectivity index (χ0) is 32.6. The number of carbonyl (C=O) groups is 3. The molecule has 3 heterocycles. The van der Waals surface area contributed by atoms with Crippen LogP contribution in [-0.4, -0.2) is 80.1 Å². The second-order valence-electron chi connectivity index (χ2n) is 12.4. The number of hydrogen-bond donors (Lipinski definition) is 2. The van der Waals surface area contributed by atoms with Crippen LogP contribution in [0.15, 0.2) is 35.9 Å². The van der Waals surface area contributed by atoms with Crippen LogP contribution in [-0.2, 0) is 35.0 Å². The van der Waals surface area contributed by atoms with E-state index in [-0.39, 0.29) is 23.8 Å². The second kappa shape index (κ2) is 13.1. The van der Waals surface area contributed by atoms with E-state index in [4.69, 9.17) is 35.3 Å². The van der Waals surface area contributed by atoms with Crippen molar-refractivity contribution in [1.82, 2.24) is 5.32 Å². The molecule has 44 heavy (non-hydrogen) atoms. The molecule has 3 aliphatic heterocycles. The lowest BCUT2D eigenvalue weighted by atomic mass is 9.83. The van der Waals surface area contributed by atoms with Gasteiger partial charge in [0.05, 0.1) is 31.2 Å². The molecule has 0 saturated carbocycles. The van der Waals surface area contributed by atoms with Gasteiger partial charge >= 0.3 is 12.1 Å². The van der Waals surface area contributed by atoms with E-state index in [0.29, 0.717) is 17.9 Å². The zero-order valence-corrected chi connectivity index (χ0v) is 27.3. The molecule has 0 aliphatic carbocycles. The van der Waals surface area contributed by atoms with Crippen molar-refractivity contribution in [2.24, 2.45) is 11.8 Å². The molecule has 7 atom stereocenters. The van der Waals surface area contributed by atoms with Crippen molar-refractivity contribution in [3.8, 4) is 5.75 Å². The number of carbonyl (C=O) groups excluding carboxylic acids is 3. The van der Waals surface area contributed by atoms with Crippen LogP contribution in [0.1, 0.15) is 53.0 Å². The fourth-order valence-electron chi connectivity index (χ4n) is 5.88. The number of methoxy groups -OCH3 is 2. The summed E-state index contributed by atoms with van der Waals surface area (Å²) in [6.07, 6.45) is 1.65. The third-order valence-electron chi connectivity index (χ3n) is 8.68. The number of amides is 2. The number of halogens is 1. The van der Waals surface area contributed by atoms with Crippen molar-refractivity contribution < 1.29 is 43.2 Å². The average Bonchev–Trinajstić information content (AvgIpc) is 3.66. The van der Waals surface area contributed by atoms with Gasteiger partial charge in [-0.15, -0.1) is 0 Å². The highest BCUT2D eigenvalue weighted by Gasteiger charge is 2.64. The molecule has 12 heteroatoms. The number of anilines is 1. The maximum Gasteiger partial charge on any atom is 0.409 e. The van der Waals surface area contributed by atoms with Crippen LogP contribution in [0.25, 0.3) is 0 Å². The third-order valence-corrected chi connectivity index (χ3v) is 9.06. The Hall–Kier alpha value is -3.12. The number of hydrogen-bond acceptors (Lipinski definition) is 9. The fourth-order valence-corrected chi connectivity index (χ4v) is 6.19. The Morgan fingerprint density at radius 3 is 2.59 bits per heavy atom. The summed E-state index contributed by atoms with van der Waals surface area (Å²) in [5.41, 5.74) is -0.587. The summed E-state index contributed by atoms with van der Waals surface area (Å²) in [6, 6.07) is 3.63. The van der Waals surface area contributed by atoms with Crippen molar-refractivity contribution >= 4 is 35.3 Å². The lowest BCUT2D eigenvalue weighted by Crippen LogP contribution is -2.63. The van der Waals surface area contributed by atoms with Gasteiger partial charge in [-0.05, 0) is 38.0 Å². The van der Waals surface area contributed by atoms with E-state index >= 15 is 0 Å². The highest BCUT2D eigenvalue weighted by atomic mass is 35.5. The number of epoxide rings is 1. The molecule has 0 spiro atoms. The number of alkyl carbamates (subject to hydrolysis) is 1. The molecular weight excluding hydrogens is 592 g/mol. The largest absolute Gasteiger partial charge is 0.495 e. The van der Waals surface area contributed by atoms with Gasteiger partial charge in [0.1, 0.15) is 34.7 Å². The molecule has 3 aliphatic rings. The Labute approximate surface area is 263 Å². The van der Waals surface area contributed by atoms with Crippen molar-refractivity contribution in [1.29, 1.82) is 0 Å². The number of ether oxygens (including phenoxy) is 5. The summed E-state index contributed by atoms with van der Waals surface area (Å²) in [7, 11) is 4.56. The van der Waals surface area contributed by atoms with Crippen LogP contribution < -0.4 is 15.0 Å². The molecule has 0 unspecified atom stereocenters. The van der Waals surface area contributed by atoms with Crippen molar-refractivity contribution in [2.75, 3.05) is 26.2 Å². The number of benzene rings is 1. The minimum Gasteiger partial charge on any atom is -0.495 e. The van der Waals surface area contributed by atoms with Gasteiger partial charge in [-0.3, -0.25) is 14.9 Å². The first-order chi connectivity index (χ1) is 20.6. The summed E-state index contributed by atoms with van der Waals surface area (Å²) >= 11 is 6.68. The minimum absolute atomic E-state index is 0.00361. The number of esters is 1. The molecular formula is C32H43ClN2O9. The Kier molecular flexibility index (Phi) is 10.0. The minimum atomic E-state index is -1.77. The molecule has 4 rings (SSSR count). The Bertz CT molecular complexity index is 1350. The summed E-state index contributed by atoms with van der Waals surface area (Å²) in [5.74, 6) is -1.30. The van der Waals surface area contributed by atoms with Gasteiger partial charge in [-0.2, -0.15) is 0 Å². The van der Waals surface area contributed by atoms with Crippen molar-refractivity contribution in [3.63, 3.8) is 0 Å². The van der Waals surface area contributed by atoms with E-state index in [1.165, 1.54) is 19.1 Å². The van der Waals surface area contributed by atoms with Crippen LogP contribution in [0.5, 0.6) is 5.75 Å². The molecule has 0 aromatic heterocycles. The van der Waals surface area contributed by atoms with E-state index in [0.717, 1.165) is 11.1 Å². The summed E-state index contributed by atoms with van der Waals surface area (Å²) in [6.45, 7) is 8.95. The first-order valence-electron chi connectivity index (χ1n) is 14.7. The quantitative estimate of drug-likeness (QED) is 0.366. The predicted octanol–water partition coefficient (Wildman–Crippen LogP) is 4.32. The van der Waals surface area contributed by atoms with E-state index in [9.17, 15) is 19.5 Å². The van der Waals surface area contributed by atoms with E-state index in [1.54, 1.807) is 40.0 Å². The first-order valence-corrected chi connectivity index (χ1v) is 15.1. The number of aliphatic hydroxyl groups is 1. The normalized spacial score (nSPS) is 34.7. The predicted molar refractivity (Wildman–Crippen MR) is 164 cm³/mol. The van der Waals surface area contributed by atoms with Crippen LogP contribution in [0.4, 0.5) is 10.5 Å². The van der Waals surface area contributed by atoms with Gasteiger partial charge in [0.25, 0.3) is 0 Å². The standard InChI is InChI=1S/C32H43ClN2O9/c1-17(2)29(37)43-25-15-26(36)35(6)21-13-20(14-22(40-7)27(21)33)12-18(3)10-9-11-24(41-8)32(39)16-23(42-30(38)34-32)19(4)28-31(25,5)44-28/h9-11,13-14,17,19,23-25,28,39H,12,15-16H2,1-8H3,(H,34,38)/b11-9-,18-10-/t19-,23+,24-,25+,28-,31+,32+/m1/s1. The number of rotatable bonds is 4. The van der Waals surface area contributed by atoms with Crippen LogP contribution >= 0.6 is 11.6 Å². The molecule has 1 aromatic rings. The van der Waals surface area contributed by atoms with Gasteiger partial charge in [-0.1, -0.05) is 56.2 Å². The van der Waals surface area contributed by atoms with Gasteiger partial charge in [-0.25, -0.2) is 4.79 Å². The smallest absolute Gasteiger partial charge is 0.409 e. The lowest BCUT2D eigenvalue weighted by molar-refractivity contribution is -0.157. The fraction of sp³-hybridized carbons (Fsp3) is 0.594. The van der Waals surface area contributed by atoms with Gasteiger partial charge in [0, 0.05) is 26.5 Å². The molecule has 0 radical (unpaired) electrons. The molecule has 2 saturated heterocycles. The third kappa shape index (κ3) is 6.91. The maximum absolute atomic E-state index is 13.8. The summed E-state index contributed by atoms with van der Waals surface area (Å²) in [5, 5.41) is 14.4. The summed E-state index contributed by atoms with van der Waals surface area (Å²) < 4.78 is 28.8. The van der Waals surface area contributed by atoms with Gasteiger partial charge < -0.3 is 33.7 Å². The van der Waals surface area contributed by atoms with Crippen LogP contribution in [0.2, 0.25) is 5.02 Å². The van der Waals surface area contributed by atoms with Gasteiger partial charge in [0.15, 0.2) is 5.72 Å². The average molecular weight is 635 g/mol. The van der Waals surface area contributed by atoms with Gasteiger partial charge in [0.2, 0.25) is 5.91 Å². The Balaban J connectivity index is 1.80. The maximum atomic E-state index is 13.8. The van der Waals surface area contributed by atoms with Crippen molar-refractivity contribution in [3.05, 3.63) is 46.5 Å². The lowest BCUT2D eigenvalue weighted by Gasteiger charge is -2.42. The Morgan fingerprint density at radius 1 is 1.25 bits per heavy atom. The number of nitrogens with one attached hydrogen (secondary N) is 1. The monoisotopic (exact) mass is 634 g/mol. The van der Waals surface area contributed by atoms with E-state index in [2.05, 4.69) is 5.32 Å². The van der Waals surface area contributed by atoms with E-state index in [1.807, 2.05) is 32.1 Å². The SMILES string of the molecule is COc1cc2cc(c1Cl)N(C)C(=O)C[C@H](OC(=O)C(C)C)[C@]1(C)O[C@@H]1[C@H](C)[C@@H]1C[C@@](O)(NC(=O)O1)[C@H](OC)/C=C\C=C(\C)C2. The highest BCUT2D eigenvalue weighted by molar-refractivity contribution is 6.35. The molecule has 11 nitrogen and oxygen atoms in total. The second-order valence-corrected chi connectivity index (χ2v) is 12.8. The summed E-state index contributed by atoms with van der Waals surface area (Å²) in [4.78, 5) is 40.7. The molecule has 2 amide bonds. The van der Waals surface area contributed by atoms with E-state index < -0.39 is 59.6 Å². The van der Waals surface area contributed by atoms with Crippen LogP contribution in [0, 0.1) is 11.8 Å². The molecule has 2 fully saturated rings.